The van der Waals surface area contributed by atoms with E-state index in [0.717, 1.165) is 5.56 Å². The summed E-state index contributed by atoms with van der Waals surface area (Å²) in [6.45, 7) is 1.67. The Morgan fingerprint density at radius 2 is 1.95 bits per heavy atom. The maximum Gasteiger partial charge on any atom is 0.252 e. The van der Waals surface area contributed by atoms with Gasteiger partial charge in [-0.05, 0) is 42.7 Å². The maximum atomic E-state index is 13.1. The van der Waals surface area contributed by atoms with Gasteiger partial charge in [0.25, 0.3) is 5.91 Å². The number of aliphatic hydroxyl groups is 1. The highest BCUT2D eigenvalue weighted by atomic mass is 19.1. The molecular weight excluding hydrogens is 269 g/mol. The number of hydrogen-bond acceptors (Lipinski definition) is 2. The summed E-state index contributed by atoms with van der Waals surface area (Å²) in [6, 6.07) is 13.3. The normalized spacial score (nSPS) is 12.0. The number of hydrogen-bond donors (Lipinski definition) is 2. The zero-order chi connectivity index (χ0) is 15.2. The minimum atomic E-state index is -0.362. The molecule has 0 aliphatic carbocycles. The minimum Gasteiger partial charge on any atom is -0.396 e. The molecule has 0 saturated heterocycles. The van der Waals surface area contributed by atoms with Gasteiger partial charge in [0, 0.05) is 12.2 Å². The summed E-state index contributed by atoms with van der Waals surface area (Å²) in [4.78, 5) is 12.3. The molecule has 0 aromatic heterocycles. The molecule has 2 aromatic carbocycles. The summed E-state index contributed by atoms with van der Waals surface area (Å²) < 4.78 is 13.1. The minimum absolute atomic E-state index is 0.0256. The monoisotopic (exact) mass is 287 g/mol. The van der Waals surface area contributed by atoms with Crippen molar-refractivity contribution in [3.05, 3.63) is 71.0 Å². The lowest BCUT2D eigenvalue weighted by molar-refractivity contribution is 0.0929. The van der Waals surface area contributed by atoms with Gasteiger partial charge >= 0.3 is 0 Å². The first-order valence-electron chi connectivity index (χ1n) is 6.84. The first kappa shape index (κ1) is 15.2. The molecule has 0 radical (unpaired) electrons. The molecule has 110 valence electrons. The van der Waals surface area contributed by atoms with Crippen LogP contribution in [0, 0.1) is 12.7 Å². The predicted octanol–water partition coefficient (Wildman–Crippen LogP) is 2.99. The molecule has 0 spiro atoms. The van der Waals surface area contributed by atoms with E-state index in [0.29, 0.717) is 17.5 Å². The molecule has 2 aromatic rings. The van der Waals surface area contributed by atoms with Crippen LogP contribution in [0.2, 0.25) is 0 Å². The molecular formula is C17H18FNO2. The van der Waals surface area contributed by atoms with Crippen molar-refractivity contribution in [2.45, 2.75) is 19.4 Å². The molecule has 4 heteroatoms. The van der Waals surface area contributed by atoms with Crippen LogP contribution < -0.4 is 5.32 Å². The Labute approximate surface area is 123 Å². The summed E-state index contributed by atoms with van der Waals surface area (Å²) in [6.07, 6.45) is 0.427. The number of carbonyl (C=O) groups is 1. The van der Waals surface area contributed by atoms with E-state index in [1.807, 2.05) is 30.3 Å². The largest absolute Gasteiger partial charge is 0.396 e. The number of amides is 1. The first-order valence-corrected chi connectivity index (χ1v) is 6.84. The van der Waals surface area contributed by atoms with Crippen LogP contribution in [0.4, 0.5) is 4.39 Å². The lowest BCUT2D eigenvalue weighted by atomic mass is 10.0. The van der Waals surface area contributed by atoms with Gasteiger partial charge in [-0.25, -0.2) is 4.39 Å². The van der Waals surface area contributed by atoms with Crippen LogP contribution in [0.3, 0.4) is 0 Å². The fraction of sp³-hybridized carbons (Fsp3) is 0.235. The second kappa shape index (κ2) is 6.99. The predicted molar refractivity (Wildman–Crippen MR) is 79.5 cm³/mol. The molecule has 3 nitrogen and oxygen atoms in total. The molecule has 0 fully saturated rings. The Balaban J connectivity index is 2.18. The Bertz CT molecular complexity index is 613. The number of aryl methyl sites for hydroxylation is 1. The summed E-state index contributed by atoms with van der Waals surface area (Å²) in [7, 11) is 0. The summed E-state index contributed by atoms with van der Waals surface area (Å²) in [5.74, 6) is -0.631. The van der Waals surface area contributed by atoms with Gasteiger partial charge in [-0.2, -0.15) is 0 Å². The standard InChI is InChI=1S/C17H18FNO2/c1-12-11-14(18)7-8-15(12)17(21)19-16(9-10-20)13-5-3-2-4-6-13/h2-8,11,16,20H,9-10H2,1H3,(H,19,21)/t16-/m0/s1. The highest BCUT2D eigenvalue weighted by Crippen LogP contribution is 2.18. The third-order valence-electron chi connectivity index (χ3n) is 3.36. The van der Waals surface area contributed by atoms with Gasteiger partial charge in [0.1, 0.15) is 5.82 Å². The van der Waals surface area contributed by atoms with Crippen molar-refractivity contribution in [2.24, 2.45) is 0 Å². The van der Waals surface area contributed by atoms with Gasteiger partial charge in [-0.3, -0.25) is 4.79 Å². The molecule has 0 aliphatic rings. The Morgan fingerprint density at radius 1 is 1.24 bits per heavy atom. The van der Waals surface area contributed by atoms with Crippen molar-refractivity contribution < 1.29 is 14.3 Å². The van der Waals surface area contributed by atoms with Crippen LogP contribution in [0.15, 0.2) is 48.5 Å². The number of aliphatic hydroxyl groups excluding tert-OH is 1. The summed E-state index contributed by atoms with van der Waals surface area (Å²) >= 11 is 0. The number of nitrogens with one attached hydrogen (secondary N) is 1. The van der Waals surface area contributed by atoms with Crippen LogP contribution in [-0.2, 0) is 0 Å². The van der Waals surface area contributed by atoms with Gasteiger partial charge in [0.2, 0.25) is 0 Å². The zero-order valence-electron chi connectivity index (χ0n) is 11.8. The molecule has 0 unspecified atom stereocenters. The van der Waals surface area contributed by atoms with Gasteiger partial charge in [0.15, 0.2) is 0 Å². The molecule has 0 heterocycles. The van der Waals surface area contributed by atoms with E-state index in [-0.39, 0.29) is 24.4 Å². The maximum absolute atomic E-state index is 13.1. The van der Waals surface area contributed by atoms with Crippen molar-refractivity contribution in [3.8, 4) is 0 Å². The molecule has 0 saturated carbocycles. The van der Waals surface area contributed by atoms with Crippen LogP contribution in [0.25, 0.3) is 0 Å². The topological polar surface area (TPSA) is 49.3 Å². The lowest BCUT2D eigenvalue weighted by Crippen LogP contribution is -2.29. The fourth-order valence-electron chi connectivity index (χ4n) is 2.25. The highest BCUT2D eigenvalue weighted by Gasteiger charge is 2.16. The van der Waals surface area contributed by atoms with Gasteiger partial charge < -0.3 is 10.4 Å². The Hall–Kier alpha value is -2.20. The van der Waals surface area contributed by atoms with Crippen molar-refractivity contribution >= 4 is 5.91 Å². The van der Waals surface area contributed by atoms with Crippen LogP contribution in [0.1, 0.15) is 33.9 Å². The van der Waals surface area contributed by atoms with E-state index in [4.69, 9.17) is 0 Å². The van der Waals surface area contributed by atoms with Crippen molar-refractivity contribution in [1.29, 1.82) is 0 Å². The molecule has 1 amide bonds. The van der Waals surface area contributed by atoms with Gasteiger partial charge in [-0.1, -0.05) is 30.3 Å². The first-order chi connectivity index (χ1) is 10.1. The fourth-order valence-corrected chi connectivity index (χ4v) is 2.25. The van der Waals surface area contributed by atoms with E-state index in [9.17, 15) is 14.3 Å². The molecule has 21 heavy (non-hydrogen) atoms. The average Bonchev–Trinajstić information content (AvgIpc) is 2.47. The van der Waals surface area contributed by atoms with Crippen LogP contribution in [-0.4, -0.2) is 17.6 Å². The van der Waals surface area contributed by atoms with E-state index in [1.165, 1.54) is 18.2 Å². The quantitative estimate of drug-likeness (QED) is 0.888. The summed E-state index contributed by atoms with van der Waals surface area (Å²) in [5, 5.41) is 12.1. The van der Waals surface area contributed by atoms with E-state index in [1.54, 1.807) is 6.92 Å². The van der Waals surface area contributed by atoms with Gasteiger partial charge in [-0.15, -0.1) is 0 Å². The van der Waals surface area contributed by atoms with E-state index >= 15 is 0 Å². The van der Waals surface area contributed by atoms with Crippen LogP contribution in [0.5, 0.6) is 0 Å². The number of benzene rings is 2. The summed E-state index contributed by atoms with van der Waals surface area (Å²) in [5.41, 5.74) is 1.96. The second-order valence-electron chi connectivity index (χ2n) is 4.91. The Kier molecular flexibility index (Phi) is 5.06. The van der Waals surface area contributed by atoms with Crippen LogP contribution >= 0.6 is 0 Å². The molecule has 0 aliphatic heterocycles. The second-order valence-corrected chi connectivity index (χ2v) is 4.91. The van der Waals surface area contributed by atoms with Gasteiger partial charge in [0.05, 0.1) is 6.04 Å². The molecule has 1 atom stereocenters. The van der Waals surface area contributed by atoms with E-state index < -0.39 is 0 Å². The average molecular weight is 287 g/mol. The van der Waals surface area contributed by atoms with E-state index in [2.05, 4.69) is 5.32 Å². The molecule has 0 bridgehead atoms. The number of halogens is 1. The number of carbonyl (C=O) groups excluding carboxylic acids is 1. The number of rotatable bonds is 5. The highest BCUT2D eigenvalue weighted by molar-refractivity contribution is 5.95. The molecule has 2 rings (SSSR count). The third-order valence-corrected chi connectivity index (χ3v) is 3.36. The smallest absolute Gasteiger partial charge is 0.252 e. The van der Waals surface area contributed by atoms with Crippen molar-refractivity contribution in [1.82, 2.24) is 5.32 Å². The Morgan fingerprint density at radius 3 is 2.57 bits per heavy atom. The van der Waals surface area contributed by atoms with Crippen molar-refractivity contribution in [3.63, 3.8) is 0 Å². The SMILES string of the molecule is Cc1cc(F)ccc1C(=O)N[C@@H](CCO)c1ccccc1. The third kappa shape index (κ3) is 3.89. The van der Waals surface area contributed by atoms with Crippen molar-refractivity contribution in [2.75, 3.05) is 6.61 Å². The molecule has 2 N–H and O–H groups in total. The zero-order valence-corrected chi connectivity index (χ0v) is 11.8. The lowest BCUT2D eigenvalue weighted by Gasteiger charge is -2.19.